The monoisotopic (exact) mass is 344 g/mol. The van der Waals surface area contributed by atoms with Crippen molar-refractivity contribution in [1.82, 2.24) is 0 Å². The molecule has 3 N–H and O–H groups in total. The highest BCUT2D eigenvalue weighted by Crippen LogP contribution is 2.46. The molecule has 0 heterocycles. The summed E-state index contributed by atoms with van der Waals surface area (Å²) in [6, 6.07) is 24.1. The highest BCUT2D eigenvalue weighted by Gasteiger charge is 2.49. The second kappa shape index (κ2) is 6.14. The molecule has 2 atom stereocenters. The smallest absolute Gasteiger partial charge is 0.0422 e. The maximum Gasteiger partial charge on any atom is 0.0422 e. The summed E-state index contributed by atoms with van der Waals surface area (Å²) in [7, 11) is 0. The van der Waals surface area contributed by atoms with E-state index in [4.69, 9.17) is 5.73 Å². The molecule has 0 aromatic heterocycles. The van der Waals surface area contributed by atoms with E-state index in [2.05, 4.69) is 92.8 Å². The molecule has 1 fully saturated rings. The number of fused-ring (bicyclic) bond motifs is 1. The van der Waals surface area contributed by atoms with Crippen molar-refractivity contribution < 1.29 is 0 Å². The number of anilines is 1. The molecule has 3 aromatic carbocycles. The van der Waals surface area contributed by atoms with Crippen LogP contribution in [0.25, 0.3) is 21.9 Å². The van der Waals surface area contributed by atoms with Gasteiger partial charge in [-0.25, -0.2) is 0 Å². The first kappa shape index (κ1) is 17.1. The highest BCUT2D eigenvalue weighted by molar-refractivity contribution is 5.99. The molecule has 2 nitrogen and oxygen atoms in total. The molecule has 0 radical (unpaired) electrons. The fourth-order valence-electron chi connectivity index (χ4n) is 4.27. The standard InChI is InChI=1S/C24H28N2/c1-23(2)22(15-16-24(23,3)25)26-21-14-7-6-12-20(21)19-13-8-10-17-9-4-5-11-18(17)19/h4-14,22,26H,15-16,25H2,1-3H3. The Morgan fingerprint density at radius 1 is 0.846 bits per heavy atom. The molecule has 0 saturated heterocycles. The van der Waals surface area contributed by atoms with Crippen LogP contribution in [0.1, 0.15) is 33.6 Å². The lowest BCUT2D eigenvalue weighted by atomic mass is 9.74. The number of para-hydroxylation sites is 1. The minimum absolute atomic E-state index is 0.0405. The van der Waals surface area contributed by atoms with Crippen LogP contribution in [-0.2, 0) is 0 Å². The van der Waals surface area contributed by atoms with Crippen LogP contribution in [0.5, 0.6) is 0 Å². The first-order valence-electron chi connectivity index (χ1n) is 9.53. The van der Waals surface area contributed by atoms with Crippen molar-refractivity contribution in [2.75, 3.05) is 5.32 Å². The number of hydrogen-bond donors (Lipinski definition) is 2. The van der Waals surface area contributed by atoms with Crippen molar-refractivity contribution in [2.45, 2.75) is 45.2 Å². The van der Waals surface area contributed by atoms with Crippen LogP contribution in [-0.4, -0.2) is 11.6 Å². The van der Waals surface area contributed by atoms with E-state index in [1.165, 1.54) is 27.6 Å². The summed E-state index contributed by atoms with van der Waals surface area (Å²) < 4.78 is 0. The van der Waals surface area contributed by atoms with Gasteiger partial charge in [0.25, 0.3) is 0 Å². The van der Waals surface area contributed by atoms with Gasteiger partial charge >= 0.3 is 0 Å². The lowest BCUT2D eigenvalue weighted by Gasteiger charge is -2.39. The molecule has 2 unspecified atom stereocenters. The van der Waals surface area contributed by atoms with Crippen LogP contribution in [0.15, 0.2) is 66.7 Å². The molecule has 0 aliphatic heterocycles. The molecule has 0 bridgehead atoms. The Morgan fingerprint density at radius 2 is 1.50 bits per heavy atom. The van der Waals surface area contributed by atoms with Gasteiger partial charge < -0.3 is 11.1 Å². The van der Waals surface area contributed by atoms with E-state index in [9.17, 15) is 0 Å². The van der Waals surface area contributed by atoms with E-state index in [0.717, 1.165) is 12.8 Å². The molecule has 26 heavy (non-hydrogen) atoms. The average molecular weight is 345 g/mol. The third kappa shape index (κ3) is 2.69. The van der Waals surface area contributed by atoms with Gasteiger partial charge in [-0.15, -0.1) is 0 Å². The quantitative estimate of drug-likeness (QED) is 0.628. The van der Waals surface area contributed by atoms with E-state index < -0.39 is 0 Å². The number of nitrogens with two attached hydrogens (primary N) is 1. The fourth-order valence-corrected chi connectivity index (χ4v) is 4.27. The zero-order valence-electron chi connectivity index (χ0n) is 15.9. The first-order valence-corrected chi connectivity index (χ1v) is 9.53. The lowest BCUT2D eigenvalue weighted by Crippen LogP contribution is -2.51. The first-order chi connectivity index (χ1) is 12.4. The van der Waals surface area contributed by atoms with Gasteiger partial charge in [-0.2, -0.15) is 0 Å². The van der Waals surface area contributed by atoms with E-state index in [0.29, 0.717) is 6.04 Å². The second-order valence-electron chi connectivity index (χ2n) is 8.45. The largest absolute Gasteiger partial charge is 0.381 e. The van der Waals surface area contributed by atoms with Crippen molar-refractivity contribution in [2.24, 2.45) is 11.1 Å². The third-order valence-electron chi connectivity index (χ3n) is 6.63. The zero-order valence-corrected chi connectivity index (χ0v) is 15.9. The van der Waals surface area contributed by atoms with Crippen molar-refractivity contribution in [3.05, 3.63) is 66.7 Å². The molecule has 0 spiro atoms. The van der Waals surface area contributed by atoms with Gasteiger partial charge in [-0.05, 0) is 42.2 Å². The molecule has 3 aromatic rings. The van der Waals surface area contributed by atoms with Crippen LogP contribution in [0.2, 0.25) is 0 Å². The summed E-state index contributed by atoms with van der Waals surface area (Å²) in [6.45, 7) is 6.77. The number of nitrogens with one attached hydrogen (secondary N) is 1. The minimum atomic E-state index is -0.140. The van der Waals surface area contributed by atoms with Crippen molar-refractivity contribution in [1.29, 1.82) is 0 Å². The summed E-state index contributed by atoms with van der Waals surface area (Å²) in [5, 5.41) is 6.40. The summed E-state index contributed by atoms with van der Waals surface area (Å²) in [5.41, 5.74) is 10.2. The van der Waals surface area contributed by atoms with Gasteiger partial charge in [-0.1, -0.05) is 74.5 Å². The van der Waals surface area contributed by atoms with E-state index >= 15 is 0 Å². The van der Waals surface area contributed by atoms with Gasteiger partial charge in [0, 0.05) is 28.2 Å². The van der Waals surface area contributed by atoms with Crippen molar-refractivity contribution in [3.63, 3.8) is 0 Å². The summed E-state index contributed by atoms with van der Waals surface area (Å²) in [4.78, 5) is 0. The Hall–Kier alpha value is -2.32. The number of hydrogen-bond acceptors (Lipinski definition) is 2. The third-order valence-corrected chi connectivity index (χ3v) is 6.63. The molecular weight excluding hydrogens is 316 g/mol. The van der Waals surface area contributed by atoms with Gasteiger partial charge in [0.05, 0.1) is 0 Å². The molecule has 0 amide bonds. The van der Waals surface area contributed by atoms with Gasteiger partial charge in [0.2, 0.25) is 0 Å². The van der Waals surface area contributed by atoms with Crippen LogP contribution in [0, 0.1) is 5.41 Å². The normalized spacial score (nSPS) is 24.7. The Morgan fingerprint density at radius 3 is 2.27 bits per heavy atom. The Labute approximate surface area is 156 Å². The summed E-state index contributed by atoms with van der Waals surface area (Å²) in [5.74, 6) is 0. The van der Waals surface area contributed by atoms with Crippen LogP contribution >= 0.6 is 0 Å². The van der Waals surface area contributed by atoms with Crippen LogP contribution in [0.4, 0.5) is 5.69 Å². The SMILES string of the molecule is CC1(N)CCC(Nc2ccccc2-c2cccc3ccccc23)C1(C)C. The Bertz CT molecular complexity index is 934. The predicted octanol–water partition coefficient (Wildman–Crippen LogP) is 5.82. The van der Waals surface area contributed by atoms with Crippen LogP contribution < -0.4 is 11.1 Å². The maximum absolute atomic E-state index is 6.58. The Kier molecular flexibility index (Phi) is 4.04. The second-order valence-corrected chi connectivity index (χ2v) is 8.45. The van der Waals surface area contributed by atoms with Crippen LogP contribution in [0.3, 0.4) is 0 Å². The fraction of sp³-hybridized carbons (Fsp3) is 0.333. The number of rotatable bonds is 3. The zero-order chi connectivity index (χ0) is 18.4. The summed E-state index contributed by atoms with van der Waals surface area (Å²) in [6.07, 6.45) is 2.15. The van der Waals surface area contributed by atoms with Gasteiger partial charge in [0.15, 0.2) is 0 Å². The van der Waals surface area contributed by atoms with Gasteiger partial charge in [0.1, 0.15) is 0 Å². The molecule has 134 valence electrons. The average Bonchev–Trinajstić information content (AvgIpc) is 2.84. The Balaban J connectivity index is 1.77. The highest BCUT2D eigenvalue weighted by atomic mass is 15.0. The minimum Gasteiger partial charge on any atom is -0.381 e. The topological polar surface area (TPSA) is 38.0 Å². The van der Waals surface area contributed by atoms with E-state index in [1.807, 2.05) is 0 Å². The van der Waals surface area contributed by atoms with Crippen molar-refractivity contribution in [3.8, 4) is 11.1 Å². The molecular formula is C24H28N2. The molecule has 1 aliphatic rings. The molecule has 1 saturated carbocycles. The maximum atomic E-state index is 6.58. The van der Waals surface area contributed by atoms with Gasteiger partial charge in [-0.3, -0.25) is 0 Å². The summed E-state index contributed by atoms with van der Waals surface area (Å²) >= 11 is 0. The lowest BCUT2D eigenvalue weighted by molar-refractivity contribution is 0.215. The molecule has 1 aliphatic carbocycles. The molecule has 2 heteroatoms. The van der Waals surface area contributed by atoms with E-state index in [1.54, 1.807) is 0 Å². The van der Waals surface area contributed by atoms with Crippen molar-refractivity contribution >= 4 is 16.5 Å². The predicted molar refractivity (Wildman–Crippen MR) is 112 cm³/mol. The van der Waals surface area contributed by atoms with E-state index in [-0.39, 0.29) is 11.0 Å². The molecule has 4 rings (SSSR count). The number of benzene rings is 3.